The van der Waals surface area contributed by atoms with Crippen molar-refractivity contribution < 1.29 is 4.79 Å². The van der Waals surface area contributed by atoms with Crippen LogP contribution in [0.3, 0.4) is 0 Å². The first-order chi connectivity index (χ1) is 14.0. The fourth-order valence-electron chi connectivity index (χ4n) is 3.44. The fraction of sp³-hybridized carbons (Fsp3) is 0.350. The zero-order valence-electron chi connectivity index (χ0n) is 16.1. The van der Waals surface area contributed by atoms with Crippen LogP contribution in [0.4, 0.5) is 5.69 Å². The molecule has 0 atom stereocenters. The van der Waals surface area contributed by atoms with Gasteiger partial charge in [0.1, 0.15) is 0 Å². The topological polar surface area (TPSA) is 70.0 Å². The Morgan fingerprint density at radius 3 is 2.79 bits per heavy atom. The van der Waals surface area contributed by atoms with Gasteiger partial charge < -0.3 is 5.32 Å². The number of thiazole rings is 1. The molecule has 1 aliphatic heterocycles. The molecule has 0 radical (unpaired) electrons. The number of rotatable bonds is 5. The number of hydrogen-bond acceptors (Lipinski definition) is 6. The van der Waals surface area contributed by atoms with E-state index in [0.29, 0.717) is 18.1 Å². The maximum Gasteiger partial charge on any atom is 0.258 e. The molecule has 4 rings (SSSR count). The number of piperazine rings is 1. The van der Waals surface area contributed by atoms with Crippen LogP contribution in [0.2, 0.25) is 5.02 Å². The van der Waals surface area contributed by atoms with Gasteiger partial charge in [-0.3, -0.25) is 23.8 Å². The summed E-state index contributed by atoms with van der Waals surface area (Å²) in [5, 5.41) is 5.45. The molecule has 0 unspecified atom stereocenters. The largest absolute Gasteiger partial charge is 0.325 e. The minimum Gasteiger partial charge on any atom is -0.325 e. The van der Waals surface area contributed by atoms with Crippen LogP contribution in [-0.2, 0) is 11.3 Å². The van der Waals surface area contributed by atoms with E-state index in [1.165, 1.54) is 11.3 Å². The van der Waals surface area contributed by atoms with Crippen LogP contribution in [0.5, 0.6) is 0 Å². The summed E-state index contributed by atoms with van der Waals surface area (Å²) in [6.07, 6.45) is 1.74. The molecule has 3 aromatic rings. The average Bonchev–Trinajstić information content (AvgIpc) is 3.16. The highest BCUT2D eigenvalue weighted by Gasteiger charge is 2.20. The Balaban J connectivity index is 1.29. The second kappa shape index (κ2) is 8.62. The molecule has 2 aromatic heterocycles. The Hall–Kier alpha value is -2.26. The first-order valence-electron chi connectivity index (χ1n) is 9.45. The van der Waals surface area contributed by atoms with E-state index in [1.54, 1.807) is 16.7 Å². The Morgan fingerprint density at radius 2 is 2.00 bits per heavy atom. The number of anilines is 1. The number of nitrogens with zero attached hydrogens (tertiary/aromatic N) is 4. The lowest BCUT2D eigenvalue weighted by atomic mass is 10.2. The lowest BCUT2D eigenvalue weighted by molar-refractivity contribution is -0.117. The number of carbonyl (C=O) groups excluding carboxylic acids is 1. The molecule has 1 amide bonds. The number of hydrogen-bond donors (Lipinski definition) is 1. The molecular formula is C20H22ClN5O2S. The molecule has 152 valence electrons. The maximum absolute atomic E-state index is 12.4. The molecule has 1 N–H and O–H groups in total. The van der Waals surface area contributed by atoms with Crippen LogP contribution >= 0.6 is 22.9 Å². The highest BCUT2D eigenvalue weighted by atomic mass is 35.5. The number of halogens is 1. The third kappa shape index (κ3) is 4.67. The first kappa shape index (κ1) is 20.0. The third-order valence-corrected chi connectivity index (χ3v) is 6.28. The second-order valence-corrected chi connectivity index (χ2v) is 8.43. The Bertz CT molecular complexity index is 1090. The summed E-state index contributed by atoms with van der Waals surface area (Å²) in [4.78, 5) is 34.2. The molecule has 0 spiro atoms. The van der Waals surface area contributed by atoms with Crippen molar-refractivity contribution in [3.63, 3.8) is 0 Å². The molecule has 0 bridgehead atoms. The number of benzene rings is 1. The number of aromatic nitrogens is 2. The summed E-state index contributed by atoms with van der Waals surface area (Å²) in [7, 11) is 0. The molecule has 29 heavy (non-hydrogen) atoms. The summed E-state index contributed by atoms with van der Waals surface area (Å²) in [6, 6.07) is 7.10. The van der Waals surface area contributed by atoms with Gasteiger partial charge >= 0.3 is 0 Å². The predicted octanol–water partition coefficient (Wildman–Crippen LogP) is 2.47. The molecule has 1 fully saturated rings. The number of carbonyl (C=O) groups is 1. The van der Waals surface area contributed by atoms with Crippen molar-refractivity contribution in [3.8, 4) is 0 Å². The molecule has 1 saturated heterocycles. The zero-order chi connectivity index (χ0) is 20.4. The summed E-state index contributed by atoms with van der Waals surface area (Å²) in [5.41, 5.74) is 2.37. The molecule has 1 aliphatic rings. The van der Waals surface area contributed by atoms with Gasteiger partial charge in [0, 0.05) is 61.1 Å². The monoisotopic (exact) mass is 431 g/mol. The highest BCUT2D eigenvalue weighted by Crippen LogP contribution is 2.22. The lowest BCUT2D eigenvalue weighted by Crippen LogP contribution is -2.48. The van der Waals surface area contributed by atoms with E-state index < -0.39 is 0 Å². The Labute approximate surface area is 177 Å². The lowest BCUT2D eigenvalue weighted by Gasteiger charge is -2.34. The molecule has 9 heteroatoms. The minimum atomic E-state index is -0.0436. The van der Waals surface area contributed by atoms with Crippen LogP contribution in [0.15, 0.2) is 40.6 Å². The molecule has 1 aromatic carbocycles. The van der Waals surface area contributed by atoms with E-state index in [-0.39, 0.29) is 11.5 Å². The highest BCUT2D eigenvalue weighted by molar-refractivity contribution is 7.15. The van der Waals surface area contributed by atoms with Crippen molar-refractivity contribution in [2.75, 3.05) is 38.0 Å². The van der Waals surface area contributed by atoms with Gasteiger partial charge in [0.05, 0.1) is 12.2 Å². The molecule has 0 saturated carbocycles. The van der Waals surface area contributed by atoms with Crippen molar-refractivity contribution in [3.05, 3.63) is 62.5 Å². The van der Waals surface area contributed by atoms with Crippen LogP contribution in [0.1, 0.15) is 11.3 Å². The van der Waals surface area contributed by atoms with Crippen LogP contribution < -0.4 is 10.9 Å². The van der Waals surface area contributed by atoms with E-state index in [0.717, 1.165) is 48.1 Å². The summed E-state index contributed by atoms with van der Waals surface area (Å²) in [5.74, 6) is -0.0401. The van der Waals surface area contributed by atoms with Crippen molar-refractivity contribution in [1.29, 1.82) is 0 Å². The second-order valence-electron chi connectivity index (χ2n) is 7.15. The van der Waals surface area contributed by atoms with Gasteiger partial charge in [0.25, 0.3) is 5.56 Å². The maximum atomic E-state index is 12.4. The smallest absolute Gasteiger partial charge is 0.258 e. The van der Waals surface area contributed by atoms with E-state index in [4.69, 9.17) is 11.6 Å². The van der Waals surface area contributed by atoms with Gasteiger partial charge in [-0.2, -0.15) is 0 Å². The van der Waals surface area contributed by atoms with Gasteiger partial charge in [0.2, 0.25) is 5.91 Å². The molecule has 3 heterocycles. The quantitative estimate of drug-likeness (QED) is 0.672. The van der Waals surface area contributed by atoms with Gasteiger partial charge in [0.15, 0.2) is 4.96 Å². The molecule has 0 aliphatic carbocycles. The number of fused-ring (bicyclic) bond motifs is 1. The van der Waals surface area contributed by atoms with Gasteiger partial charge in [-0.1, -0.05) is 17.7 Å². The molecule has 7 nitrogen and oxygen atoms in total. The van der Waals surface area contributed by atoms with Crippen molar-refractivity contribution >= 4 is 39.5 Å². The van der Waals surface area contributed by atoms with Crippen LogP contribution in [-0.4, -0.2) is 57.8 Å². The summed E-state index contributed by atoms with van der Waals surface area (Å²) < 4.78 is 1.56. The summed E-state index contributed by atoms with van der Waals surface area (Å²) in [6.45, 7) is 6.13. The number of nitrogens with one attached hydrogen (secondary N) is 1. The van der Waals surface area contributed by atoms with Crippen molar-refractivity contribution in [1.82, 2.24) is 19.2 Å². The average molecular weight is 432 g/mol. The fourth-order valence-corrected chi connectivity index (χ4v) is 4.35. The first-order valence-corrected chi connectivity index (χ1v) is 10.7. The predicted molar refractivity (Wildman–Crippen MR) is 116 cm³/mol. The zero-order valence-corrected chi connectivity index (χ0v) is 17.7. The van der Waals surface area contributed by atoms with E-state index >= 15 is 0 Å². The normalized spacial score (nSPS) is 15.7. The Kier molecular flexibility index (Phi) is 5.96. The Morgan fingerprint density at radius 1 is 1.24 bits per heavy atom. The van der Waals surface area contributed by atoms with E-state index in [2.05, 4.69) is 20.1 Å². The van der Waals surface area contributed by atoms with E-state index in [1.807, 2.05) is 30.5 Å². The standard InChI is InChI=1S/C20H22ClN5O2S/c1-14-16(21)3-2-4-17(14)23-18(27)13-25-7-5-24(6-8-25)12-15-11-19(28)26-9-10-29-20(26)22-15/h2-4,9-11H,5-8,12-13H2,1H3,(H,23,27). The van der Waals surface area contributed by atoms with Gasteiger partial charge in [-0.25, -0.2) is 4.98 Å². The van der Waals surface area contributed by atoms with Crippen molar-refractivity contribution in [2.24, 2.45) is 0 Å². The number of amides is 1. The third-order valence-electron chi connectivity index (χ3n) is 5.12. The van der Waals surface area contributed by atoms with Gasteiger partial charge in [-0.15, -0.1) is 11.3 Å². The minimum absolute atomic E-state index is 0.0401. The molecular weight excluding hydrogens is 410 g/mol. The van der Waals surface area contributed by atoms with Crippen molar-refractivity contribution in [2.45, 2.75) is 13.5 Å². The SMILES string of the molecule is Cc1c(Cl)cccc1NC(=O)CN1CCN(Cc2cc(=O)n3ccsc3n2)CC1. The van der Waals surface area contributed by atoms with Crippen LogP contribution in [0, 0.1) is 6.92 Å². The van der Waals surface area contributed by atoms with Gasteiger partial charge in [-0.05, 0) is 24.6 Å². The summed E-state index contributed by atoms with van der Waals surface area (Å²) >= 11 is 7.57. The van der Waals surface area contributed by atoms with E-state index in [9.17, 15) is 9.59 Å². The van der Waals surface area contributed by atoms with Crippen LogP contribution in [0.25, 0.3) is 4.96 Å².